The van der Waals surface area contributed by atoms with Gasteiger partial charge in [0.2, 0.25) is 5.91 Å². The third-order valence-corrected chi connectivity index (χ3v) is 6.30. The van der Waals surface area contributed by atoms with E-state index in [-0.39, 0.29) is 18.9 Å². The van der Waals surface area contributed by atoms with Crippen molar-refractivity contribution in [2.24, 2.45) is 0 Å². The van der Waals surface area contributed by atoms with Gasteiger partial charge in [0.15, 0.2) is 17.4 Å². The fraction of sp³-hybridized carbons (Fsp3) is 0.200. The average Bonchev–Trinajstić information content (AvgIpc) is 2.88. The molecule has 0 spiro atoms. The van der Waals surface area contributed by atoms with Crippen molar-refractivity contribution < 1.29 is 32.6 Å². The molecule has 196 valence electrons. The molecule has 5 nitrogen and oxygen atoms in total. The highest BCUT2D eigenvalue weighted by Crippen LogP contribution is 2.29. The number of carbonyl (C=O) groups is 2. The maximum Gasteiger partial charge on any atom is 0.303 e. The summed E-state index contributed by atoms with van der Waals surface area (Å²) in [6, 6.07) is 19.6. The minimum Gasteiger partial charge on any atom is -0.483 e. The molecule has 4 aromatic carbocycles. The lowest BCUT2D eigenvalue weighted by atomic mass is 9.94. The molecule has 4 aromatic rings. The van der Waals surface area contributed by atoms with Gasteiger partial charge in [-0.1, -0.05) is 54.6 Å². The molecule has 8 heteroatoms. The molecule has 0 aliphatic rings. The van der Waals surface area contributed by atoms with Crippen molar-refractivity contribution in [3.63, 3.8) is 0 Å². The van der Waals surface area contributed by atoms with Gasteiger partial charge in [-0.25, -0.2) is 13.2 Å². The molecule has 0 aliphatic carbocycles. The number of hydrogen-bond donors (Lipinski definition) is 2. The lowest BCUT2D eigenvalue weighted by molar-refractivity contribution is -0.137. The Morgan fingerprint density at radius 2 is 1.66 bits per heavy atom. The summed E-state index contributed by atoms with van der Waals surface area (Å²) >= 11 is 0. The van der Waals surface area contributed by atoms with Crippen LogP contribution in [0.15, 0.2) is 72.8 Å². The van der Waals surface area contributed by atoms with Crippen LogP contribution >= 0.6 is 0 Å². The summed E-state index contributed by atoms with van der Waals surface area (Å²) in [6.45, 7) is 1.56. The molecule has 1 atom stereocenters. The molecule has 38 heavy (non-hydrogen) atoms. The zero-order chi connectivity index (χ0) is 27.2. The topological polar surface area (TPSA) is 75.6 Å². The number of rotatable bonds is 10. The predicted octanol–water partition coefficient (Wildman–Crippen LogP) is 6.99. The predicted molar refractivity (Wildman–Crippen MR) is 139 cm³/mol. The molecule has 0 heterocycles. The Bertz CT molecular complexity index is 1460. The number of carboxylic acid groups (broad SMARTS) is 1. The van der Waals surface area contributed by atoms with Crippen molar-refractivity contribution in [2.75, 3.05) is 5.32 Å². The van der Waals surface area contributed by atoms with E-state index in [0.717, 1.165) is 16.3 Å². The lowest BCUT2D eigenvalue weighted by Crippen LogP contribution is -2.20. The molecule has 4 rings (SSSR count). The van der Waals surface area contributed by atoms with Crippen LogP contribution in [0.2, 0.25) is 0 Å². The number of anilines is 1. The summed E-state index contributed by atoms with van der Waals surface area (Å²) in [4.78, 5) is 24.3. The summed E-state index contributed by atoms with van der Waals surface area (Å²) in [7, 11) is 0. The van der Waals surface area contributed by atoms with Gasteiger partial charge in [0.1, 0.15) is 12.4 Å². The number of aryl methyl sites for hydroxylation is 1. The van der Waals surface area contributed by atoms with E-state index in [1.165, 1.54) is 0 Å². The SMILES string of the molecule is CC(C(=O)Nc1cc(COc2c(F)cc(F)cc2F)ccc1CCCC(=O)O)c1cccc2ccccc12. The molecule has 0 fully saturated rings. The van der Waals surface area contributed by atoms with Crippen molar-refractivity contribution in [1.29, 1.82) is 0 Å². The van der Waals surface area contributed by atoms with Gasteiger partial charge in [0, 0.05) is 24.2 Å². The maximum atomic E-state index is 14.0. The van der Waals surface area contributed by atoms with Crippen LogP contribution in [0.1, 0.15) is 42.4 Å². The van der Waals surface area contributed by atoms with E-state index >= 15 is 0 Å². The first-order valence-corrected chi connectivity index (χ1v) is 12.1. The van der Waals surface area contributed by atoms with E-state index in [0.29, 0.717) is 41.8 Å². The highest BCUT2D eigenvalue weighted by atomic mass is 19.1. The van der Waals surface area contributed by atoms with Crippen LogP contribution in [0.3, 0.4) is 0 Å². The number of aliphatic carboxylic acids is 1. The van der Waals surface area contributed by atoms with Gasteiger partial charge in [-0.2, -0.15) is 0 Å². The lowest BCUT2D eigenvalue weighted by Gasteiger charge is -2.18. The van der Waals surface area contributed by atoms with Gasteiger partial charge >= 0.3 is 5.97 Å². The number of amides is 1. The zero-order valence-corrected chi connectivity index (χ0v) is 20.6. The molecule has 2 N–H and O–H groups in total. The van der Waals surface area contributed by atoms with Crippen LogP contribution in [0.25, 0.3) is 10.8 Å². The third-order valence-electron chi connectivity index (χ3n) is 6.30. The molecule has 1 unspecified atom stereocenters. The van der Waals surface area contributed by atoms with Gasteiger partial charge in [0.05, 0.1) is 5.92 Å². The van der Waals surface area contributed by atoms with Crippen LogP contribution in [0.4, 0.5) is 18.9 Å². The van der Waals surface area contributed by atoms with E-state index in [1.54, 1.807) is 25.1 Å². The Kier molecular flexibility index (Phi) is 8.31. The molecule has 0 radical (unpaired) electrons. The van der Waals surface area contributed by atoms with Crippen LogP contribution in [0, 0.1) is 17.5 Å². The summed E-state index contributed by atoms with van der Waals surface area (Å²) in [5, 5.41) is 13.9. The van der Waals surface area contributed by atoms with E-state index in [1.807, 2.05) is 42.5 Å². The van der Waals surface area contributed by atoms with E-state index < -0.39 is 35.1 Å². The highest BCUT2D eigenvalue weighted by molar-refractivity contribution is 5.99. The molecule has 0 saturated heterocycles. The van der Waals surface area contributed by atoms with Gasteiger partial charge in [-0.15, -0.1) is 0 Å². The molecule has 0 aromatic heterocycles. The number of carboxylic acids is 1. The van der Waals surface area contributed by atoms with Crippen molar-refractivity contribution in [3.05, 3.63) is 107 Å². The summed E-state index contributed by atoms with van der Waals surface area (Å²) < 4.78 is 46.5. The van der Waals surface area contributed by atoms with Crippen LogP contribution in [-0.4, -0.2) is 17.0 Å². The van der Waals surface area contributed by atoms with Crippen LogP contribution in [-0.2, 0) is 22.6 Å². The van der Waals surface area contributed by atoms with Gasteiger partial charge in [0.25, 0.3) is 0 Å². The number of hydrogen-bond acceptors (Lipinski definition) is 3. The van der Waals surface area contributed by atoms with Gasteiger partial charge < -0.3 is 15.2 Å². The average molecular weight is 522 g/mol. The number of carbonyl (C=O) groups excluding carboxylic acids is 1. The summed E-state index contributed by atoms with van der Waals surface area (Å²) in [6.07, 6.45) is 0.722. The second kappa shape index (κ2) is 11.8. The molecule has 1 amide bonds. The molecule has 0 aliphatic heterocycles. The highest BCUT2D eigenvalue weighted by Gasteiger charge is 2.20. The Morgan fingerprint density at radius 3 is 2.39 bits per heavy atom. The minimum absolute atomic E-state index is 0.0340. The fourth-order valence-corrected chi connectivity index (χ4v) is 4.31. The first-order chi connectivity index (χ1) is 18.2. The fourth-order valence-electron chi connectivity index (χ4n) is 4.31. The standard InChI is InChI=1S/C30H26F3NO4/c1-18(23-10-4-7-20-6-2-3-9-24(20)23)30(37)34-27-14-19(12-13-21(27)8-5-11-28(35)36)17-38-29-25(32)15-22(31)16-26(29)33/h2-4,6-7,9-10,12-16,18H,5,8,11,17H2,1H3,(H,34,37)(H,35,36). The van der Waals surface area contributed by atoms with Crippen molar-refractivity contribution in [3.8, 4) is 5.75 Å². The van der Waals surface area contributed by atoms with Gasteiger partial charge in [-0.05, 0) is 53.3 Å². The van der Waals surface area contributed by atoms with E-state index in [9.17, 15) is 22.8 Å². The Hall–Kier alpha value is -4.33. The van der Waals surface area contributed by atoms with Gasteiger partial charge in [-0.3, -0.25) is 9.59 Å². The van der Waals surface area contributed by atoms with Crippen molar-refractivity contribution in [1.82, 2.24) is 0 Å². The molecular weight excluding hydrogens is 495 g/mol. The molecule has 0 bridgehead atoms. The second-order valence-electron chi connectivity index (χ2n) is 9.01. The monoisotopic (exact) mass is 521 g/mol. The minimum atomic E-state index is -1.16. The van der Waals surface area contributed by atoms with E-state index in [4.69, 9.17) is 9.84 Å². The largest absolute Gasteiger partial charge is 0.483 e. The van der Waals surface area contributed by atoms with Crippen LogP contribution < -0.4 is 10.1 Å². The number of benzene rings is 4. The molecule has 0 saturated carbocycles. The number of ether oxygens (including phenoxy) is 1. The van der Waals surface area contributed by atoms with Crippen LogP contribution in [0.5, 0.6) is 5.75 Å². The number of nitrogens with one attached hydrogen (secondary N) is 1. The molecular formula is C30H26F3NO4. The first kappa shape index (κ1) is 26.7. The second-order valence-corrected chi connectivity index (χ2v) is 9.01. The number of fused-ring (bicyclic) bond motifs is 1. The zero-order valence-electron chi connectivity index (χ0n) is 20.6. The first-order valence-electron chi connectivity index (χ1n) is 12.1. The summed E-state index contributed by atoms with van der Waals surface area (Å²) in [5.41, 5.74) is 2.53. The number of halogens is 3. The Morgan fingerprint density at radius 1 is 0.947 bits per heavy atom. The Balaban J connectivity index is 1.58. The quantitative estimate of drug-likeness (QED) is 0.236. The maximum absolute atomic E-state index is 14.0. The van der Waals surface area contributed by atoms with E-state index in [2.05, 4.69) is 5.32 Å². The van der Waals surface area contributed by atoms with Crippen molar-refractivity contribution >= 4 is 28.3 Å². The third kappa shape index (κ3) is 6.32. The normalized spacial score (nSPS) is 11.8. The summed E-state index contributed by atoms with van der Waals surface area (Å²) in [5.74, 6) is -5.77. The van der Waals surface area contributed by atoms with Crippen molar-refractivity contribution in [2.45, 2.75) is 38.7 Å². The Labute approximate surface area is 217 Å². The smallest absolute Gasteiger partial charge is 0.303 e.